The van der Waals surface area contributed by atoms with Gasteiger partial charge in [0.2, 0.25) is 0 Å². The number of hydrogen-bond acceptors (Lipinski definition) is 4. The normalized spacial score (nSPS) is 10.2. The minimum absolute atomic E-state index is 0.315. The first-order valence-corrected chi connectivity index (χ1v) is 5.37. The van der Waals surface area contributed by atoms with E-state index in [0.717, 1.165) is 0 Å². The van der Waals surface area contributed by atoms with Crippen LogP contribution in [0.5, 0.6) is 0 Å². The molecule has 86 valence electrons. The maximum absolute atomic E-state index is 8.95. The van der Waals surface area contributed by atoms with Gasteiger partial charge in [0.15, 0.2) is 5.82 Å². The van der Waals surface area contributed by atoms with Gasteiger partial charge >= 0.3 is 0 Å². The van der Waals surface area contributed by atoms with Crippen LogP contribution in [0.15, 0.2) is 30.7 Å². The Morgan fingerprint density at radius 1 is 1.41 bits per heavy atom. The number of nitrogens with one attached hydrogen (secondary N) is 1. The van der Waals surface area contributed by atoms with Crippen molar-refractivity contribution in [2.45, 2.75) is 19.9 Å². The Hall–Kier alpha value is -2.35. The fourth-order valence-corrected chi connectivity index (χ4v) is 1.42. The van der Waals surface area contributed by atoms with Gasteiger partial charge in [0, 0.05) is 24.5 Å². The van der Waals surface area contributed by atoms with Crippen molar-refractivity contribution in [1.82, 2.24) is 14.8 Å². The summed E-state index contributed by atoms with van der Waals surface area (Å²) in [5, 5.41) is 16.4. The lowest BCUT2D eigenvalue weighted by atomic mass is 10.2. The van der Waals surface area contributed by atoms with Gasteiger partial charge in [-0.3, -0.25) is 9.67 Å². The Morgan fingerprint density at radius 2 is 2.24 bits per heavy atom. The molecule has 2 rings (SSSR count). The molecular formula is C12H13N5. The smallest absolute Gasteiger partial charge is 0.152 e. The van der Waals surface area contributed by atoms with Crippen LogP contribution in [0.3, 0.4) is 0 Å². The molecule has 2 heterocycles. The number of pyridine rings is 1. The third-order valence-corrected chi connectivity index (χ3v) is 2.34. The van der Waals surface area contributed by atoms with Crippen LogP contribution in [0.25, 0.3) is 0 Å². The van der Waals surface area contributed by atoms with E-state index in [2.05, 4.69) is 35.3 Å². The first-order valence-electron chi connectivity index (χ1n) is 5.37. The molecular weight excluding hydrogens is 214 g/mol. The fraction of sp³-hybridized carbons (Fsp3) is 0.250. The Kier molecular flexibility index (Phi) is 3.06. The largest absolute Gasteiger partial charge is 0.336 e. The van der Waals surface area contributed by atoms with Crippen molar-refractivity contribution in [3.05, 3.63) is 36.3 Å². The predicted molar refractivity (Wildman–Crippen MR) is 64.8 cm³/mol. The lowest BCUT2D eigenvalue weighted by Crippen LogP contribution is -2.02. The quantitative estimate of drug-likeness (QED) is 0.874. The summed E-state index contributed by atoms with van der Waals surface area (Å²) in [5.74, 6) is 0.711. The highest BCUT2D eigenvalue weighted by molar-refractivity contribution is 5.62. The van der Waals surface area contributed by atoms with Crippen molar-refractivity contribution in [1.29, 1.82) is 5.26 Å². The summed E-state index contributed by atoms with van der Waals surface area (Å²) in [7, 11) is 0. The zero-order chi connectivity index (χ0) is 12.3. The van der Waals surface area contributed by atoms with Gasteiger partial charge in [0.25, 0.3) is 0 Å². The summed E-state index contributed by atoms with van der Waals surface area (Å²) in [6.07, 6.45) is 5.11. The van der Waals surface area contributed by atoms with Crippen LogP contribution < -0.4 is 5.32 Å². The van der Waals surface area contributed by atoms with E-state index in [1.807, 2.05) is 16.9 Å². The summed E-state index contributed by atoms with van der Waals surface area (Å²) >= 11 is 0. The minimum Gasteiger partial charge on any atom is -0.336 e. The molecule has 0 aliphatic heterocycles. The summed E-state index contributed by atoms with van der Waals surface area (Å²) < 4.78 is 1.85. The zero-order valence-corrected chi connectivity index (χ0v) is 9.75. The molecule has 0 bridgehead atoms. The molecule has 0 unspecified atom stereocenters. The SMILES string of the molecule is CC(C)n1ccc(Nc2cnccc2C#N)n1. The molecule has 0 fully saturated rings. The molecule has 1 N–H and O–H groups in total. The van der Waals surface area contributed by atoms with Crippen molar-refractivity contribution in [2.24, 2.45) is 0 Å². The number of nitrogens with zero attached hydrogens (tertiary/aromatic N) is 4. The average molecular weight is 227 g/mol. The van der Waals surface area contributed by atoms with Crippen molar-refractivity contribution in [3.8, 4) is 6.07 Å². The molecule has 0 radical (unpaired) electrons. The number of anilines is 2. The fourth-order valence-electron chi connectivity index (χ4n) is 1.42. The van der Waals surface area contributed by atoms with Crippen LogP contribution in [0.1, 0.15) is 25.5 Å². The van der Waals surface area contributed by atoms with Gasteiger partial charge in [0.05, 0.1) is 17.4 Å². The van der Waals surface area contributed by atoms with Gasteiger partial charge in [-0.15, -0.1) is 0 Å². The van der Waals surface area contributed by atoms with E-state index in [9.17, 15) is 0 Å². The molecule has 0 amide bonds. The van der Waals surface area contributed by atoms with Crippen molar-refractivity contribution in [3.63, 3.8) is 0 Å². The van der Waals surface area contributed by atoms with E-state index in [1.54, 1.807) is 18.5 Å². The molecule has 0 saturated carbocycles. The van der Waals surface area contributed by atoms with E-state index in [4.69, 9.17) is 5.26 Å². The Labute approximate surface area is 99.7 Å². The molecule has 0 atom stereocenters. The number of nitriles is 1. The highest BCUT2D eigenvalue weighted by Crippen LogP contribution is 2.18. The first-order chi connectivity index (χ1) is 8.20. The number of rotatable bonds is 3. The second kappa shape index (κ2) is 4.66. The monoisotopic (exact) mass is 227 g/mol. The van der Waals surface area contributed by atoms with Gasteiger partial charge in [-0.25, -0.2) is 0 Å². The third-order valence-electron chi connectivity index (χ3n) is 2.34. The Bertz CT molecular complexity index is 550. The summed E-state index contributed by atoms with van der Waals surface area (Å²) in [5.41, 5.74) is 1.23. The van der Waals surface area contributed by atoms with Crippen molar-refractivity contribution >= 4 is 11.5 Å². The average Bonchev–Trinajstić information content (AvgIpc) is 2.78. The maximum atomic E-state index is 8.95. The van der Waals surface area contributed by atoms with Gasteiger partial charge in [-0.1, -0.05) is 0 Å². The summed E-state index contributed by atoms with van der Waals surface area (Å²) in [6.45, 7) is 4.11. The van der Waals surface area contributed by atoms with E-state index < -0.39 is 0 Å². The van der Waals surface area contributed by atoms with E-state index >= 15 is 0 Å². The molecule has 0 saturated heterocycles. The number of aromatic nitrogens is 3. The van der Waals surface area contributed by atoms with Crippen LogP contribution in [-0.4, -0.2) is 14.8 Å². The predicted octanol–water partition coefficient (Wildman–Crippen LogP) is 2.47. The molecule has 2 aromatic heterocycles. The van der Waals surface area contributed by atoms with Gasteiger partial charge < -0.3 is 5.32 Å². The van der Waals surface area contributed by atoms with Gasteiger partial charge in [-0.05, 0) is 19.9 Å². The Morgan fingerprint density at radius 3 is 2.88 bits per heavy atom. The number of hydrogen-bond donors (Lipinski definition) is 1. The zero-order valence-electron chi connectivity index (χ0n) is 9.75. The topological polar surface area (TPSA) is 66.5 Å². The van der Waals surface area contributed by atoms with Crippen LogP contribution in [0.2, 0.25) is 0 Å². The van der Waals surface area contributed by atoms with E-state index in [1.165, 1.54) is 0 Å². The van der Waals surface area contributed by atoms with Crippen LogP contribution >= 0.6 is 0 Å². The molecule has 0 spiro atoms. The molecule has 2 aromatic rings. The molecule has 17 heavy (non-hydrogen) atoms. The van der Waals surface area contributed by atoms with Gasteiger partial charge in [-0.2, -0.15) is 10.4 Å². The molecule has 0 aliphatic carbocycles. The lowest BCUT2D eigenvalue weighted by Gasteiger charge is -2.05. The van der Waals surface area contributed by atoms with Crippen molar-refractivity contribution < 1.29 is 0 Å². The molecule has 0 aliphatic rings. The van der Waals surface area contributed by atoms with Crippen LogP contribution in [0.4, 0.5) is 11.5 Å². The molecule has 5 heteroatoms. The third kappa shape index (κ3) is 2.42. The molecule has 5 nitrogen and oxygen atoms in total. The standard InChI is InChI=1S/C12H13N5/c1-9(2)17-6-4-12(16-17)15-11-8-14-5-3-10(11)7-13/h3-6,8-9H,1-2H3,(H,15,16). The van der Waals surface area contributed by atoms with E-state index in [-0.39, 0.29) is 0 Å². The van der Waals surface area contributed by atoms with Gasteiger partial charge in [0.1, 0.15) is 6.07 Å². The van der Waals surface area contributed by atoms with E-state index in [0.29, 0.717) is 23.1 Å². The Balaban J connectivity index is 2.23. The first kappa shape index (κ1) is 11.1. The molecule has 0 aromatic carbocycles. The highest BCUT2D eigenvalue weighted by Gasteiger charge is 2.05. The van der Waals surface area contributed by atoms with Crippen LogP contribution in [0, 0.1) is 11.3 Å². The van der Waals surface area contributed by atoms with Crippen LogP contribution in [-0.2, 0) is 0 Å². The van der Waals surface area contributed by atoms with Crippen molar-refractivity contribution in [2.75, 3.05) is 5.32 Å². The second-order valence-corrected chi connectivity index (χ2v) is 3.93. The minimum atomic E-state index is 0.315. The maximum Gasteiger partial charge on any atom is 0.152 e. The highest BCUT2D eigenvalue weighted by atomic mass is 15.3. The second-order valence-electron chi connectivity index (χ2n) is 3.93. The summed E-state index contributed by atoms with van der Waals surface area (Å²) in [4.78, 5) is 3.98. The lowest BCUT2D eigenvalue weighted by molar-refractivity contribution is 0.534. The summed E-state index contributed by atoms with van der Waals surface area (Å²) in [6, 6.07) is 5.96.